The number of nitrogens with one attached hydrogen (secondary N) is 1. The first-order valence-electron chi connectivity index (χ1n) is 4.98. The number of hydrogen-bond donors (Lipinski definition) is 4. The first-order valence-corrected chi connectivity index (χ1v) is 6.96. The molecule has 17 heavy (non-hydrogen) atoms. The number of aromatic amines is 1. The average molecular weight is 307 g/mol. The van der Waals surface area contributed by atoms with Gasteiger partial charge in [-0.1, -0.05) is 0 Å². The molecule has 4 atom stereocenters. The minimum absolute atomic E-state index is 0.229. The second-order valence-electron chi connectivity index (χ2n) is 3.75. The number of aromatic nitrogens is 2. The molecule has 2 heterocycles. The topological polar surface area (TPSA) is 116 Å². The van der Waals surface area contributed by atoms with Gasteiger partial charge in [-0.25, -0.2) is 0 Å². The average Bonchev–Trinajstić information content (AvgIpc) is 2.57. The SMILES string of the molecule is O=c1ccn([C@@H]2[Se][C@H](CO)[C@H](O)[C@H]2O)c(=O)[nH]1. The molecule has 1 aliphatic heterocycles. The van der Waals surface area contributed by atoms with Crippen molar-refractivity contribution in [1.29, 1.82) is 0 Å². The Bertz CT molecular complexity index is 513. The summed E-state index contributed by atoms with van der Waals surface area (Å²) in [5, 5.41) is 28.5. The second-order valence-corrected chi connectivity index (χ2v) is 6.60. The summed E-state index contributed by atoms with van der Waals surface area (Å²) in [5.41, 5.74) is -1.13. The van der Waals surface area contributed by atoms with E-state index in [9.17, 15) is 19.8 Å². The molecule has 4 N–H and O–H groups in total. The van der Waals surface area contributed by atoms with Gasteiger partial charge in [-0.15, -0.1) is 0 Å². The monoisotopic (exact) mass is 308 g/mol. The van der Waals surface area contributed by atoms with E-state index in [1.807, 2.05) is 0 Å². The summed E-state index contributed by atoms with van der Waals surface area (Å²) in [6, 6.07) is 1.18. The van der Waals surface area contributed by atoms with Gasteiger partial charge >= 0.3 is 102 Å². The van der Waals surface area contributed by atoms with Crippen molar-refractivity contribution in [3.05, 3.63) is 33.1 Å². The molecule has 0 bridgehead atoms. The van der Waals surface area contributed by atoms with E-state index in [1.165, 1.54) is 16.8 Å². The van der Waals surface area contributed by atoms with Gasteiger partial charge in [0.15, 0.2) is 0 Å². The summed E-state index contributed by atoms with van der Waals surface area (Å²) in [6.45, 7) is -0.229. The van der Waals surface area contributed by atoms with Crippen LogP contribution < -0.4 is 11.2 Å². The minimum atomic E-state index is -1.10. The van der Waals surface area contributed by atoms with Crippen molar-refractivity contribution in [2.75, 3.05) is 6.61 Å². The van der Waals surface area contributed by atoms with Gasteiger partial charge in [0.25, 0.3) is 0 Å². The zero-order valence-corrected chi connectivity index (χ0v) is 10.4. The van der Waals surface area contributed by atoms with Crippen molar-refractivity contribution >= 4 is 15.0 Å². The molecule has 0 aromatic carbocycles. The van der Waals surface area contributed by atoms with E-state index in [0.29, 0.717) is 0 Å². The Morgan fingerprint density at radius 2 is 2.06 bits per heavy atom. The van der Waals surface area contributed by atoms with Gasteiger partial charge in [-0.05, 0) is 0 Å². The van der Waals surface area contributed by atoms with Gasteiger partial charge in [0.1, 0.15) is 0 Å². The summed E-state index contributed by atoms with van der Waals surface area (Å²) >= 11 is -0.324. The summed E-state index contributed by atoms with van der Waals surface area (Å²) < 4.78 is 1.20. The number of aliphatic hydroxyl groups is 3. The van der Waals surface area contributed by atoms with Crippen LogP contribution in [0.25, 0.3) is 0 Å². The Morgan fingerprint density at radius 1 is 1.35 bits per heavy atom. The molecule has 0 radical (unpaired) electrons. The van der Waals surface area contributed by atoms with Crippen LogP contribution in [0.15, 0.2) is 21.9 Å². The molecule has 1 aromatic rings. The Hall–Kier alpha value is -0.921. The number of H-pyrrole nitrogens is 1. The van der Waals surface area contributed by atoms with Crippen molar-refractivity contribution in [3.63, 3.8) is 0 Å². The fourth-order valence-electron chi connectivity index (χ4n) is 1.74. The Kier molecular flexibility index (Phi) is 3.50. The van der Waals surface area contributed by atoms with Gasteiger partial charge in [-0.2, -0.15) is 0 Å². The molecule has 7 nitrogen and oxygen atoms in total. The third-order valence-corrected chi connectivity index (χ3v) is 5.92. The summed E-state index contributed by atoms with van der Waals surface area (Å²) in [6.07, 6.45) is -0.844. The Labute approximate surface area is 102 Å². The van der Waals surface area contributed by atoms with Gasteiger partial charge in [-0.3, -0.25) is 0 Å². The van der Waals surface area contributed by atoms with Crippen LogP contribution >= 0.6 is 0 Å². The summed E-state index contributed by atoms with van der Waals surface area (Å²) in [7, 11) is 0. The molecule has 1 saturated heterocycles. The van der Waals surface area contributed by atoms with Crippen LogP contribution in [0.1, 0.15) is 4.94 Å². The van der Waals surface area contributed by atoms with Crippen LogP contribution in [-0.4, -0.2) is 58.6 Å². The van der Waals surface area contributed by atoms with E-state index in [2.05, 4.69) is 4.98 Å². The van der Waals surface area contributed by atoms with Crippen molar-refractivity contribution in [2.45, 2.75) is 22.0 Å². The van der Waals surface area contributed by atoms with Crippen LogP contribution in [0.4, 0.5) is 0 Å². The molecule has 0 spiro atoms. The van der Waals surface area contributed by atoms with Crippen LogP contribution in [0.5, 0.6) is 0 Å². The Morgan fingerprint density at radius 3 is 2.59 bits per heavy atom. The fourth-order valence-corrected chi connectivity index (χ4v) is 4.64. The standard InChI is InChI=1S/C9H12N2O5Se/c12-3-4-6(14)7(15)8(17-4)11-2-1-5(13)10-9(11)16/h1-2,4,6-8,12,14-15H,3H2,(H,10,13,16)/t4-,6+,7-,8-/m1/s1. The fraction of sp³-hybridized carbons (Fsp3) is 0.556. The Balaban J connectivity index is 2.35. The van der Waals surface area contributed by atoms with E-state index in [0.717, 1.165) is 0 Å². The molecule has 2 rings (SSSR count). The van der Waals surface area contributed by atoms with Crippen molar-refractivity contribution in [1.82, 2.24) is 9.55 Å². The molecule has 0 unspecified atom stereocenters. The molecule has 0 saturated carbocycles. The van der Waals surface area contributed by atoms with Crippen LogP contribution in [0.3, 0.4) is 0 Å². The molecule has 1 fully saturated rings. The summed E-state index contributed by atoms with van der Waals surface area (Å²) in [4.78, 5) is 23.6. The number of nitrogens with zero attached hydrogens (tertiary/aromatic N) is 1. The maximum absolute atomic E-state index is 11.5. The van der Waals surface area contributed by atoms with E-state index in [-0.39, 0.29) is 21.6 Å². The predicted octanol–water partition coefficient (Wildman–Crippen LogP) is -2.74. The van der Waals surface area contributed by atoms with Gasteiger partial charge < -0.3 is 0 Å². The normalized spacial score (nSPS) is 32.9. The molecule has 8 heteroatoms. The first kappa shape index (κ1) is 12.5. The third-order valence-electron chi connectivity index (χ3n) is 2.64. The van der Waals surface area contributed by atoms with Gasteiger partial charge in [0.2, 0.25) is 0 Å². The number of aliphatic hydroxyl groups excluding tert-OH is 3. The number of rotatable bonds is 2. The molecule has 1 aliphatic rings. The van der Waals surface area contributed by atoms with E-state index in [1.54, 1.807) is 0 Å². The van der Waals surface area contributed by atoms with Crippen LogP contribution in [0, 0.1) is 0 Å². The van der Waals surface area contributed by atoms with E-state index in [4.69, 9.17) is 5.11 Å². The molecule has 0 aliphatic carbocycles. The van der Waals surface area contributed by atoms with E-state index < -0.39 is 33.2 Å². The molecule has 0 amide bonds. The van der Waals surface area contributed by atoms with E-state index >= 15 is 0 Å². The zero-order chi connectivity index (χ0) is 12.6. The van der Waals surface area contributed by atoms with Gasteiger partial charge in [0.05, 0.1) is 0 Å². The molecule has 1 aromatic heterocycles. The molecular formula is C9H12N2O5Se. The van der Waals surface area contributed by atoms with Crippen LogP contribution in [-0.2, 0) is 0 Å². The first-order chi connectivity index (χ1) is 8.04. The molecule has 94 valence electrons. The quantitative estimate of drug-likeness (QED) is 0.442. The van der Waals surface area contributed by atoms with Crippen LogP contribution in [0.2, 0.25) is 4.82 Å². The second kappa shape index (κ2) is 4.75. The van der Waals surface area contributed by atoms with Crippen molar-refractivity contribution < 1.29 is 15.3 Å². The van der Waals surface area contributed by atoms with Crippen molar-refractivity contribution in [3.8, 4) is 0 Å². The number of hydrogen-bond acceptors (Lipinski definition) is 5. The summed E-state index contributed by atoms with van der Waals surface area (Å²) in [5.74, 6) is 0. The van der Waals surface area contributed by atoms with Gasteiger partial charge in [0, 0.05) is 0 Å². The zero-order valence-electron chi connectivity index (χ0n) is 8.68. The van der Waals surface area contributed by atoms with Crippen molar-refractivity contribution in [2.24, 2.45) is 0 Å². The maximum atomic E-state index is 11.5. The third kappa shape index (κ3) is 2.22. The molecular weight excluding hydrogens is 295 g/mol. The predicted molar refractivity (Wildman–Crippen MR) is 59.0 cm³/mol.